The zero-order valence-electron chi connectivity index (χ0n) is 19.3. The van der Waals surface area contributed by atoms with Gasteiger partial charge in [0.2, 0.25) is 11.1 Å². The SMILES string of the molecule is CCCSc1nc2n(n1)C(c1cc(Br)c(O)c(OC)c1)C(C(=O)Nc1ccc(C)cc1)=C(C)N2. The molecule has 1 atom stereocenters. The number of carbonyl (C=O) groups is 1. The number of allylic oxidation sites excluding steroid dienone is 1. The van der Waals surface area contributed by atoms with Crippen LogP contribution < -0.4 is 15.4 Å². The van der Waals surface area contributed by atoms with Crippen LogP contribution >= 0.6 is 27.7 Å². The van der Waals surface area contributed by atoms with Crippen molar-refractivity contribution in [2.75, 3.05) is 23.5 Å². The van der Waals surface area contributed by atoms with Crippen LogP contribution in [-0.4, -0.2) is 38.6 Å². The van der Waals surface area contributed by atoms with Crippen molar-refractivity contribution in [2.45, 2.75) is 38.4 Å². The van der Waals surface area contributed by atoms with Crippen molar-refractivity contribution in [3.8, 4) is 11.5 Å². The maximum Gasteiger partial charge on any atom is 0.255 e. The highest BCUT2D eigenvalue weighted by molar-refractivity contribution is 9.10. The number of amides is 1. The number of halogens is 1. The number of phenols is 1. The fourth-order valence-corrected chi connectivity index (χ4v) is 4.87. The molecule has 1 amide bonds. The molecule has 2 aromatic carbocycles. The summed E-state index contributed by atoms with van der Waals surface area (Å²) < 4.78 is 7.54. The Morgan fingerprint density at radius 2 is 2.03 bits per heavy atom. The number of phenolic OH excluding ortho intramolecular Hbond substituents is 1. The fraction of sp³-hybridized carbons (Fsp3) is 0.292. The van der Waals surface area contributed by atoms with Crippen LogP contribution in [0.5, 0.6) is 11.5 Å². The number of carbonyl (C=O) groups excluding carboxylic acids is 1. The molecule has 0 aliphatic carbocycles. The molecule has 0 saturated heterocycles. The highest BCUT2D eigenvalue weighted by Crippen LogP contribution is 2.42. The average Bonchev–Trinajstić information content (AvgIpc) is 3.22. The Labute approximate surface area is 210 Å². The molecule has 2 heterocycles. The lowest BCUT2D eigenvalue weighted by molar-refractivity contribution is -0.113. The lowest BCUT2D eigenvalue weighted by Crippen LogP contribution is -2.31. The predicted octanol–water partition coefficient (Wildman–Crippen LogP) is 5.49. The van der Waals surface area contributed by atoms with E-state index in [1.54, 1.807) is 28.6 Å². The molecule has 3 N–H and O–H groups in total. The third kappa shape index (κ3) is 4.78. The molecule has 34 heavy (non-hydrogen) atoms. The minimum absolute atomic E-state index is 0.00968. The van der Waals surface area contributed by atoms with E-state index in [1.165, 1.54) is 7.11 Å². The van der Waals surface area contributed by atoms with E-state index in [2.05, 4.69) is 38.5 Å². The molecule has 1 aromatic heterocycles. The van der Waals surface area contributed by atoms with Gasteiger partial charge in [0.15, 0.2) is 11.5 Å². The van der Waals surface area contributed by atoms with Crippen LogP contribution in [0.4, 0.5) is 11.6 Å². The molecule has 1 unspecified atom stereocenters. The topological polar surface area (TPSA) is 101 Å². The molecule has 0 radical (unpaired) electrons. The first-order valence-electron chi connectivity index (χ1n) is 10.8. The van der Waals surface area contributed by atoms with Gasteiger partial charge in [0.1, 0.15) is 6.04 Å². The van der Waals surface area contributed by atoms with Crippen LogP contribution in [0, 0.1) is 6.92 Å². The number of anilines is 2. The number of methoxy groups -OCH3 is 1. The van der Waals surface area contributed by atoms with Gasteiger partial charge in [-0.2, -0.15) is 4.98 Å². The molecule has 8 nitrogen and oxygen atoms in total. The smallest absolute Gasteiger partial charge is 0.255 e. The number of ether oxygens (including phenoxy) is 1. The second-order valence-corrected chi connectivity index (χ2v) is 9.87. The zero-order chi connectivity index (χ0) is 24.4. The second kappa shape index (κ2) is 10.1. The number of aromatic hydroxyl groups is 1. The molecular weight excluding hydrogens is 518 g/mol. The van der Waals surface area contributed by atoms with Gasteiger partial charge in [0.05, 0.1) is 17.2 Å². The number of nitrogens with one attached hydrogen (secondary N) is 2. The van der Waals surface area contributed by atoms with Crippen LogP contribution in [0.25, 0.3) is 0 Å². The highest BCUT2D eigenvalue weighted by atomic mass is 79.9. The summed E-state index contributed by atoms with van der Waals surface area (Å²) in [5, 5.41) is 21.9. The van der Waals surface area contributed by atoms with Gasteiger partial charge in [-0.15, -0.1) is 5.10 Å². The predicted molar refractivity (Wildman–Crippen MR) is 138 cm³/mol. The zero-order valence-corrected chi connectivity index (χ0v) is 21.7. The van der Waals surface area contributed by atoms with E-state index in [1.807, 2.05) is 38.1 Å². The van der Waals surface area contributed by atoms with E-state index in [-0.39, 0.29) is 11.7 Å². The third-order valence-electron chi connectivity index (χ3n) is 5.41. The number of fused-ring (bicyclic) bond motifs is 1. The van der Waals surface area contributed by atoms with Crippen LogP contribution in [-0.2, 0) is 4.79 Å². The highest BCUT2D eigenvalue weighted by Gasteiger charge is 2.35. The Kier molecular flexibility index (Phi) is 7.18. The first-order valence-corrected chi connectivity index (χ1v) is 12.6. The Morgan fingerprint density at radius 3 is 2.71 bits per heavy atom. The van der Waals surface area contributed by atoms with E-state index in [9.17, 15) is 9.90 Å². The first-order chi connectivity index (χ1) is 16.3. The average molecular weight is 544 g/mol. The number of hydrogen-bond acceptors (Lipinski definition) is 7. The van der Waals surface area contributed by atoms with Crippen molar-refractivity contribution in [1.82, 2.24) is 14.8 Å². The third-order valence-corrected chi connectivity index (χ3v) is 7.06. The number of aryl methyl sites for hydroxylation is 1. The van der Waals surface area contributed by atoms with Crippen LogP contribution in [0.2, 0.25) is 0 Å². The van der Waals surface area contributed by atoms with Gasteiger partial charge in [-0.3, -0.25) is 4.79 Å². The lowest BCUT2D eigenvalue weighted by atomic mass is 9.94. The quantitative estimate of drug-likeness (QED) is 0.338. The van der Waals surface area contributed by atoms with Gasteiger partial charge < -0.3 is 20.5 Å². The van der Waals surface area contributed by atoms with Crippen molar-refractivity contribution in [3.63, 3.8) is 0 Å². The van der Waals surface area contributed by atoms with E-state index >= 15 is 0 Å². The van der Waals surface area contributed by atoms with Crippen LogP contribution in [0.3, 0.4) is 0 Å². The van der Waals surface area contributed by atoms with E-state index in [0.29, 0.717) is 38.3 Å². The summed E-state index contributed by atoms with van der Waals surface area (Å²) in [6.07, 6.45) is 0.995. The first kappa shape index (κ1) is 24.2. The molecule has 1 aliphatic heterocycles. The minimum atomic E-state index is -0.587. The fourth-order valence-electron chi connectivity index (χ4n) is 3.73. The summed E-state index contributed by atoms with van der Waals surface area (Å²) in [6, 6.07) is 10.5. The molecule has 0 spiro atoms. The molecule has 178 valence electrons. The number of thioether (sulfide) groups is 1. The molecule has 0 bridgehead atoms. The number of nitrogens with zero attached hydrogens (tertiary/aromatic N) is 3. The summed E-state index contributed by atoms with van der Waals surface area (Å²) in [6.45, 7) is 5.94. The number of hydrogen-bond donors (Lipinski definition) is 3. The Morgan fingerprint density at radius 1 is 1.29 bits per heavy atom. The summed E-state index contributed by atoms with van der Waals surface area (Å²) in [5.74, 6) is 1.47. The van der Waals surface area contributed by atoms with Gasteiger partial charge in [-0.1, -0.05) is 36.4 Å². The van der Waals surface area contributed by atoms with E-state index in [0.717, 1.165) is 23.3 Å². The molecule has 1 aliphatic rings. The summed E-state index contributed by atoms with van der Waals surface area (Å²) in [7, 11) is 1.49. The van der Waals surface area contributed by atoms with Crippen molar-refractivity contribution in [1.29, 1.82) is 0 Å². The van der Waals surface area contributed by atoms with Gasteiger partial charge >= 0.3 is 0 Å². The second-order valence-electron chi connectivity index (χ2n) is 7.95. The largest absolute Gasteiger partial charge is 0.503 e. The van der Waals surface area contributed by atoms with Crippen LogP contribution in [0.15, 0.2) is 57.3 Å². The van der Waals surface area contributed by atoms with Gasteiger partial charge in [0, 0.05) is 17.1 Å². The summed E-state index contributed by atoms with van der Waals surface area (Å²) in [4.78, 5) is 18.2. The Hall–Kier alpha value is -2.98. The van der Waals surface area contributed by atoms with Crippen LogP contribution in [0.1, 0.15) is 37.4 Å². The van der Waals surface area contributed by atoms with E-state index < -0.39 is 6.04 Å². The maximum absolute atomic E-state index is 13.6. The Bertz CT molecular complexity index is 1260. The summed E-state index contributed by atoms with van der Waals surface area (Å²) in [5.41, 5.74) is 3.68. The van der Waals surface area contributed by atoms with Crippen molar-refractivity contribution >= 4 is 45.2 Å². The molecule has 4 rings (SSSR count). The number of benzene rings is 2. The van der Waals surface area contributed by atoms with Crippen molar-refractivity contribution in [2.24, 2.45) is 0 Å². The maximum atomic E-state index is 13.6. The normalized spacial score (nSPS) is 15.0. The van der Waals surface area contributed by atoms with Gasteiger partial charge in [0.25, 0.3) is 5.91 Å². The number of rotatable bonds is 7. The van der Waals surface area contributed by atoms with Crippen molar-refractivity contribution in [3.05, 3.63) is 63.3 Å². The van der Waals surface area contributed by atoms with Gasteiger partial charge in [-0.25, -0.2) is 4.68 Å². The van der Waals surface area contributed by atoms with Gasteiger partial charge in [-0.05, 0) is 66.0 Å². The molecule has 0 fully saturated rings. The van der Waals surface area contributed by atoms with Crippen molar-refractivity contribution < 1.29 is 14.6 Å². The molecular formula is C24H26BrN5O3S. The summed E-state index contributed by atoms with van der Waals surface area (Å²) >= 11 is 4.97. The molecule has 3 aromatic rings. The minimum Gasteiger partial charge on any atom is -0.503 e. The monoisotopic (exact) mass is 543 g/mol. The van der Waals surface area contributed by atoms with E-state index in [4.69, 9.17) is 9.84 Å². The number of aromatic nitrogens is 3. The lowest BCUT2D eigenvalue weighted by Gasteiger charge is -2.29. The molecule has 0 saturated carbocycles. The Balaban J connectivity index is 1.81. The molecule has 10 heteroatoms. The standard InChI is InChI=1S/C24H26BrN5O3S/c1-5-10-34-24-28-23-26-14(3)19(22(32)27-16-8-6-13(2)7-9-16)20(30(23)29-24)15-11-17(25)21(31)18(12-15)33-4/h6-9,11-12,20,31H,5,10H2,1-4H3,(H,27,32)(H,26,28,29).